The second-order valence-corrected chi connectivity index (χ2v) is 3.07. The van der Waals surface area contributed by atoms with Crippen molar-refractivity contribution in [3.8, 4) is 0 Å². The van der Waals surface area contributed by atoms with Crippen LogP contribution in [0.5, 0.6) is 0 Å². The van der Waals surface area contributed by atoms with Gasteiger partial charge in [-0.25, -0.2) is 0 Å². The molecule has 1 aliphatic carbocycles. The molecule has 0 saturated heterocycles. The van der Waals surface area contributed by atoms with Crippen molar-refractivity contribution in [2.24, 2.45) is 5.73 Å². The first-order chi connectivity index (χ1) is 5.40. The summed E-state index contributed by atoms with van der Waals surface area (Å²) in [5.74, 6) is 0.737. The Morgan fingerprint density at radius 1 is 1.55 bits per heavy atom. The van der Waals surface area contributed by atoms with E-state index in [9.17, 15) is 0 Å². The summed E-state index contributed by atoms with van der Waals surface area (Å²) in [6.45, 7) is 0.627. The van der Waals surface area contributed by atoms with Crippen LogP contribution in [0.4, 0.5) is 0 Å². The van der Waals surface area contributed by atoms with Crippen LogP contribution in [-0.4, -0.2) is 4.98 Å². The van der Waals surface area contributed by atoms with E-state index in [0.29, 0.717) is 6.54 Å². The van der Waals surface area contributed by atoms with Gasteiger partial charge in [-0.3, -0.25) is 4.98 Å². The Balaban J connectivity index is 2.26. The second kappa shape index (κ2) is 2.62. The van der Waals surface area contributed by atoms with E-state index < -0.39 is 0 Å². The van der Waals surface area contributed by atoms with Gasteiger partial charge in [-0.05, 0) is 30.5 Å². The molecule has 0 amide bonds. The molecule has 11 heavy (non-hydrogen) atoms. The van der Waals surface area contributed by atoms with Crippen LogP contribution in [0.15, 0.2) is 18.3 Å². The predicted octanol–water partition coefficient (Wildman–Crippen LogP) is 1.42. The maximum absolute atomic E-state index is 5.51. The lowest BCUT2D eigenvalue weighted by molar-refractivity contribution is 0.982. The van der Waals surface area contributed by atoms with E-state index >= 15 is 0 Å². The molecule has 0 bridgehead atoms. The normalized spacial score (nSPS) is 16.8. The fourth-order valence-corrected chi connectivity index (χ4v) is 1.22. The van der Waals surface area contributed by atoms with Gasteiger partial charge in [-0.1, -0.05) is 0 Å². The summed E-state index contributed by atoms with van der Waals surface area (Å²) < 4.78 is 0. The van der Waals surface area contributed by atoms with Crippen LogP contribution in [0.3, 0.4) is 0 Å². The highest BCUT2D eigenvalue weighted by atomic mass is 14.7. The quantitative estimate of drug-likeness (QED) is 0.688. The van der Waals surface area contributed by atoms with Crippen molar-refractivity contribution in [2.75, 3.05) is 0 Å². The Morgan fingerprint density at radius 2 is 2.36 bits per heavy atom. The summed E-state index contributed by atoms with van der Waals surface area (Å²) in [6.07, 6.45) is 4.47. The highest BCUT2D eigenvalue weighted by Gasteiger charge is 2.24. The number of rotatable bonds is 2. The minimum atomic E-state index is 0.627. The fourth-order valence-electron chi connectivity index (χ4n) is 1.22. The summed E-state index contributed by atoms with van der Waals surface area (Å²) >= 11 is 0. The molecule has 1 heterocycles. The van der Waals surface area contributed by atoms with Gasteiger partial charge in [0.2, 0.25) is 0 Å². The van der Waals surface area contributed by atoms with Crippen molar-refractivity contribution in [3.05, 3.63) is 29.6 Å². The van der Waals surface area contributed by atoms with Gasteiger partial charge >= 0.3 is 0 Å². The Bertz CT molecular complexity index is 253. The first-order valence-electron chi connectivity index (χ1n) is 4.05. The maximum Gasteiger partial charge on any atom is 0.0437 e. The fraction of sp³-hybridized carbons (Fsp3) is 0.444. The SMILES string of the molecule is NCc1ccnc(C2CC2)c1. The van der Waals surface area contributed by atoms with E-state index in [0.717, 1.165) is 5.92 Å². The highest BCUT2D eigenvalue weighted by molar-refractivity contribution is 5.21. The lowest BCUT2D eigenvalue weighted by Gasteiger charge is -1.99. The van der Waals surface area contributed by atoms with Crippen LogP contribution in [0.2, 0.25) is 0 Å². The molecule has 0 spiro atoms. The standard InChI is InChI=1S/C9H12N2/c10-6-7-3-4-11-9(5-7)8-1-2-8/h3-5,8H,1-2,6,10H2. The lowest BCUT2D eigenvalue weighted by Crippen LogP contribution is -1.97. The Kier molecular flexibility index (Phi) is 1.62. The predicted molar refractivity (Wildman–Crippen MR) is 44.1 cm³/mol. The lowest BCUT2D eigenvalue weighted by atomic mass is 10.2. The zero-order chi connectivity index (χ0) is 7.68. The highest BCUT2D eigenvalue weighted by Crippen LogP contribution is 2.38. The summed E-state index contributed by atoms with van der Waals surface area (Å²) in [5, 5.41) is 0. The van der Waals surface area contributed by atoms with E-state index in [1.165, 1.54) is 24.1 Å². The van der Waals surface area contributed by atoms with Crippen molar-refractivity contribution in [3.63, 3.8) is 0 Å². The average Bonchev–Trinajstić information content (AvgIpc) is 2.87. The number of nitrogens with two attached hydrogens (primary N) is 1. The molecular weight excluding hydrogens is 136 g/mol. The average molecular weight is 148 g/mol. The van der Waals surface area contributed by atoms with E-state index in [-0.39, 0.29) is 0 Å². The summed E-state index contributed by atoms with van der Waals surface area (Å²) in [7, 11) is 0. The van der Waals surface area contributed by atoms with Gasteiger partial charge in [0.15, 0.2) is 0 Å². The van der Waals surface area contributed by atoms with Crippen LogP contribution < -0.4 is 5.73 Å². The number of hydrogen-bond donors (Lipinski definition) is 1. The Labute approximate surface area is 66.4 Å². The number of nitrogens with zero attached hydrogens (tertiary/aromatic N) is 1. The first kappa shape index (κ1) is 6.80. The van der Waals surface area contributed by atoms with E-state index in [1.807, 2.05) is 12.3 Å². The third-order valence-corrected chi connectivity index (χ3v) is 2.08. The molecule has 1 aromatic rings. The van der Waals surface area contributed by atoms with Gasteiger partial charge in [0.1, 0.15) is 0 Å². The van der Waals surface area contributed by atoms with Crippen molar-refractivity contribution >= 4 is 0 Å². The molecule has 1 aliphatic rings. The monoisotopic (exact) mass is 148 g/mol. The van der Waals surface area contributed by atoms with Gasteiger partial charge in [-0.15, -0.1) is 0 Å². The van der Waals surface area contributed by atoms with Crippen molar-refractivity contribution < 1.29 is 0 Å². The third-order valence-electron chi connectivity index (χ3n) is 2.08. The van der Waals surface area contributed by atoms with Gasteiger partial charge in [0.25, 0.3) is 0 Å². The summed E-state index contributed by atoms with van der Waals surface area (Å²) in [5.41, 5.74) is 7.94. The molecule has 0 aliphatic heterocycles. The van der Waals surface area contributed by atoms with Crippen LogP contribution in [0.25, 0.3) is 0 Å². The summed E-state index contributed by atoms with van der Waals surface area (Å²) in [4.78, 5) is 4.29. The molecule has 58 valence electrons. The van der Waals surface area contributed by atoms with Gasteiger partial charge in [0.05, 0.1) is 0 Å². The van der Waals surface area contributed by atoms with Crippen LogP contribution in [0, 0.1) is 0 Å². The molecule has 2 rings (SSSR count). The third kappa shape index (κ3) is 1.40. The number of aromatic nitrogens is 1. The largest absolute Gasteiger partial charge is 0.326 e. The molecule has 1 aromatic heterocycles. The molecular formula is C9H12N2. The topological polar surface area (TPSA) is 38.9 Å². The zero-order valence-electron chi connectivity index (χ0n) is 6.46. The molecule has 2 heteroatoms. The number of pyridine rings is 1. The van der Waals surface area contributed by atoms with E-state index in [4.69, 9.17) is 5.73 Å². The molecule has 0 radical (unpaired) electrons. The maximum atomic E-state index is 5.51. The smallest absolute Gasteiger partial charge is 0.0437 e. The molecule has 1 fully saturated rings. The van der Waals surface area contributed by atoms with Crippen LogP contribution in [0.1, 0.15) is 30.0 Å². The zero-order valence-corrected chi connectivity index (χ0v) is 6.46. The van der Waals surface area contributed by atoms with E-state index in [1.54, 1.807) is 0 Å². The Morgan fingerprint density at radius 3 is 3.00 bits per heavy atom. The van der Waals surface area contributed by atoms with Gasteiger partial charge < -0.3 is 5.73 Å². The minimum absolute atomic E-state index is 0.627. The molecule has 0 unspecified atom stereocenters. The van der Waals surface area contributed by atoms with Gasteiger partial charge in [-0.2, -0.15) is 0 Å². The van der Waals surface area contributed by atoms with Crippen molar-refractivity contribution in [1.82, 2.24) is 4.98 Å². The van der Waals surface area contributed by atoms with E-state index in [2.05, 4.69) is 11.1 Å². The molecule has 0 aromatic carbocycles. The minimum Gasteiger partial charge on any atom is -0.326 e. The molecule has 2 nitrogen and oxygen atoms in total. The molecule has 0 atom stereocenters. The number of hydrogen-bond acceptors (Lipinski definition) is 2. The van der Waals surface area contributed by atoms with Gasteiger partial charge in [0, 0.05) is 24.4 Å². The van der Waals surface area contributed by atoms with Crippen molar-refractivity contribution in [2.45, 2.75) is 25.3 Å². The summed E-state index contributed by atoms with van der Waals surface area (Å²) in [6, 6.07) is 4.10. The molecule has 1 saturated carbocycles. The second-order valence-electron chi connectivity index (χ2n) is 3.07. The van der Waals surface area contributed by atoms with Crippen molar-refractivity contribution in [1.29, 1.82) is 0 Å². The first-order valence-corrected chi connectivity index (χ1v) is 4.05. The van der Waals surface area contributed by atoms with Crippen LogP contribution in [-0.2, 0) is 6.54 Å². The Hall–Kier alpha value is -0.890. The molecule has 2 N–H and O–H groups in total. The van der Waals surface area contributed by atoms with Crippen LogP contribution >= 0.6 is 0 Å².